The fraction of sp³-hybridized carbons (Fsp3) is 0.312. The molecule has 1 N–H and O–H groups in total. The number of aryl methyl sites for hydroxylation is 2. The number of hydrogen-bond acceptors (Lipinski definition) is 5. The van der Waals surface area contributed by atoms with Crippen molar-refractivity contribution < 1.29 is 9.59 Å². The van der Waals surface area contributed by atoms with Crippen molar-refractivity contribution in [2.75, 3.05) is 17.2 Å². The average molecular weight is 554 g/mol. The van der Waals surface area contributed by atoms with Gasteiger partial charge in [0.1, 0.15) is 12.4 Å². The van der Waals surface area contributed by atoms with Gasteiger partial charge in [0, 0.05) is 29.9 Å². The molecule has 8 heteroatoms. The fourth-order valence-corrected chi connectivity index (χ4v) is 6.12. The number of fused-ring (bicyclic) bond motifs is 1. The summed E-state index contributed by atoms with van der Waals surface area (Å²) in [6.45, 7) is 10.8. The summed E-state index contributed by atoms with van der Waals surface area (Å²) < 4.78 is 1.86. The van der Waals surface area contributed by atoms with E-state index in [1.807, 2.05) is 48.0 Å². The molecule has 1 atom stereocenters. The zero-order valence-electron chi connectivity index (χ0n) is 23.6. The van der Waals surface area contributed by atoms with Crippen molar-refractivity contribution >= 4 is 29.4 Å². The average Bonchev–Trinajstić information content (AvgIpc) is 3.26. The molecule has 1 unspecified atom stereocenters. The van der Waals surface area contributed by atoms with Gasteiger partial charge in [-0.2, -0.15) is 5.10 Å². The molecular weight excluding hydrogens is 518 g/mol. The number of benzene rings is 2. The summed E-state index contributed by atoms with van der Waals surface area (Å²) in [7, 11) is 0. The Hall–Kier alpha value is -3.91. The van der Waals surface area contributed by atoms with Crippen molar-refractivity contribution in [3.8, 4) is 5.69 Å². The Morgan fingerprint density at radius 3 is 2.42 bits per heavy atom. The van der Waals surface area contributed by atoms with Crippen LogP contribution in [0.25, 0.3) is 5.69 Å². The van der Waals surface area contributed by atoms with Crippen LogP contribution in [-0.4, -0.2) is 38.9 Å². The van der Waals surface area contributed by atoms with Crippen LogP contribution in [0.1, 0.15) is 59.5 Å². The highest BCUT2D eigenvalue weighted by Crippen LogP contribution is 2.48. The number of aromatic nitrogens is 3. The molecule has 7 nitrogen and oxygen atoms in total. The van der Waals surface area contributed by atoms with Gasteiger partial charge in [-0.25, -0.2) is 4.68 Å². The summed E-state index contributed by atoms with van der Waals surface area (Å²) in [5.41, 5.74) is 6.81. The topological polar surface area (TPSA) is 80.1 Å². The second kappa shape index (κ2) is 11.3. The van der Waals surface area contributed by atoms with E-state index in [2.05, 4.69) is 62.3 Å². The molecule has 0 spiro atoms. The first kappa shape index (κ1) is 27.6. The van der Waals surface area contributed by atoms with Gasteiger partial charge < -0.3 is 5.32 Å². The number of rotatable bonds is 6. The molecule has 0 saturated heterocycles. The number of hydrogen-bond donors (Lipinski definition) is 1. The molecule has 0 saturated carbocycles. The minimum absolute atomic E-state index is 0.0981. The van der Waals surface area contributed by atoms with Crippen molar-refractivity contribution in [3.63, 3.8) is 0 Å². The summed E-state index contributed by atoms with van der Waals surface area (Å²) >= 11 is 1.60. The third-order valence-corrected chi connectivity index (χ3v) is 8.22. The Morgan fingerprint density at radius 1 is 1.02 bits per heavy atom. The molecular formula is C32H35N5O2S. The first-order valence-electron chi connectivity index (χ1n) is 13.5. The SMILES string of the molecule is Cc1ccc(-n2nc(C(C)(C)C)c3c2N(CC(=O)NCc2ccncc2)C(=O)CSC3c2cccc(C)c2)cc1. The van der Waals surface area contributed by atoms with E-state index in [1.165, 1.54) is 0 Å². The molecule has 3 heterocycles. The van der Waals surface area contributed by atoms with E-state index in [0.29, 0.717) is 12.4 Å². The third-order valence-electron chi connectivity index (χ3n) is 6.96. The van der Waals surface area contributed by atoms with Gasteiger partial charge in [0.15, 0.2) is 0 Å². The van der Waals surface area contributed by atoms with Crippen LogP contribution in [0.5, 0.6) is 0 Å². The monoisotopic (exact) mass is 553 g/mol. The second-order valence-electron chi connectivity index (χ2n) is 11.3. The van der Waals surface area contributed by atoms with Crippen LogP contribution in [0.2, 0.25) is 0 Å². The Morgan fingerprint density at radius 2 is 1.75 bits per heavy atom. The summed E-state index contributed by atoms with van der Waals surface area (Å²) in [6, 6.07) is 20.3. The molecule has 0 aliphatic carbocycles. The molecule has 1 aliphatic rings. The first-order chi connectivity index (χ1) is 19.1. The molecule has 1 aliphatic heterocycles. The van der Waals surface area contributed by atoms with E-state index in [1.54, 1.807) is 29.1 Å². The maximum absolute atomic E-state index is 13.8. The van der Waals surface area contributed by atoms with Gasteiger partial charge in [-0.1, -0.05) is 68.3 Å². The number of amides is 2. The number of carbonyl (C=O) groups excluding carboxylic acids is 2. The van der Waals surface area contributed by atoms with Gasteiger partial charge in [-0.3, -0.25) is 19.5 Å². The van der Waals surface area contributed by atoms with Crippen molar-refractivity contribution in [1.82, 2.24) is 20.1 Å². The van der Waals surface area contributed by atoms with Crippen molar-refractivity contribution in [1.29, 1.82) is 0 Å². The van der Waals surface area contributed by atoms with E-state index in [9.17, 15) is 9.59 Å². The highest BCUT2D eigenvalue weighted by Gasteiger charge is 2.39. The zero-order chi connectivity index (χ0) is 28.4. The molecule has 0 fully saturated rings. The lowest BCUT2D eigenvalue weighted by molar-refractivity contribution is -0.123. The smallest absolute Gasteiger partial charge is 0.240 e. The van der Waals surface area contributed by atoms with Crippen LogP contribution in [-0.2, 0) is 21.5 Å². The van der Waals surface area contributed by atoms with Crippen molar-refractivity contribution in [3.05, 3.63) is 107 Å². The largest absolute Gasteiger partial charge is 0.350 e. The lowest BCUT2D eigenvalue weighted by Crippen LogP contribution is -2.42. The molecule has 206 valence electrons. The van der Waals surface area contributed by atoms with Crippen molar-refractivity contribution in [2.24, 2.45) is 0 Å². The molecule has 2 amide bonds. The van der Waals surface area contributed by atoms with Gasteiger partial charge in [0.25, 0.3) is 0 Å². The maximum Gasteiger partial charge on any atom is 0.240 e. The quantitative estimate of drug-likeness (QED) is 0.333. The van der Waals surface area contributed by atoms with Gasteiger partial charge in [0.2, 0.25) is 11.8 Å². The van der Waals surface area contributed by atoms with Crippen LogP contribution in [0.4, 0.5) is 5.82 Å². The van der Waals surface area contributed by atoms with Gasteiger partial charge >= 0.3 is 0 Å². The standard InChI is InChI=1S/C32H35N5O2S/c1-21-9-11-25(12-10-21)37-31-28(30(35-37)32(3,4)5)29(24-8-6-7-22(2)17-24)40-20-27(39)36(31)19-26(38)34-18-23-13-15-33-16-14-23/h6-17,29H,18-20H2,1-5H3,(H,34,38). The van der Waals surface area contributed by atoms with Crippen LogP contribution < -0.4 is 10.2 Å². The van der Waals surface area contributed by atoms with Crippen LogP contribution >= 0.6 is 11.8 Å². The van der Waals surface area contributed by atoms with Gasteiger partial charge in [0.05, 0.1) is 22.4 Å². The number of carbonyl (C=O) groups is 2. The predicted octanol–water partition coefficient (Wildman–Crippen LogP) is 5.67. The molecule has 5 rings (SSSR count). The Balaban J connectivity index is 1.65. The maximum atomic E-state index is 13.8. The van der Waals surface area contributed by atoms with E-state index in [0.717, 1.165) is 39.2 Å². The molecule has 0 radical (unpaired) electrons. The number of thioether (sulfide) groups is 1. The number of nitrogens with one attached hydrogen (secondary N) is 1. The Kier molecular flexibility index (Phi) is 7.81. The Bertz CT molecular complexity index is 1520. The van der Waals surface area contributed by atoms with E-state index < -0.39 is 0 Å². The summed E-state index contributed by atoms with van der Waals surface area (Å²) in [5.74, 6) is 0.565. The second-order valence-corrected chi connectivity index (χ2v) is 12.4. The lowest BCUT2D eigenvalue weighted by atomic mass is 9.87. The van der Waals surface area contributed by atoms with Crippen LogP contribution in [0.15, 0.2) is 73.1 Å². The van der Waals surface area contributed by atoms with Gasteiger partial charge in [-0.05, 0) is 49.2 Å². The minimum atomic E-state index is -0.300. The first-order valence-corrected chi connectivity index (χ1v) is 14.5. The fourth-order valence-electron chi connectivity index (χ4n) is 4.94. The van der Waals surface area contributed by atoms with Gasteiger partial charge in [-0.15, -0.1) is 11.8 Å². The Labute approximate surface area is 240 Å². The molecule has 4 aromatic rings. The zero-order valence-corrected chi connectivity index (χ0v) is 24.5. The molecule has 0 bridgehead atoms. The molecule has 40 heavy (non-hydrogen) atoms. The lowest BCUT2D eigenvalue weighted by Gasteiger charge is -2.24. The highest BCUT2D eigenvalue weighted by molar-refractivity contribution is 8.00. The normalized spacial score (nSPS) is 15.5. The summed E-state index contributed by atoms with van der Waals surface area (Å²) in [6.07, 6.45) is 3.39. The minimum Gasteiger partial charge on any atom is -0.350 e. The highest BCUT2D eigenvalue weighted by atomic mass is 32.2. The molecule has 2 aromatic carbocycles. The van der Waals surface area contributed by atoms with E-state index >= 15 is 0 Å². The summed E-state index contributed by atoms with van der Waals surface area (Å²) in [5, 5.41) is 8.02. The number of nitrogens with zero attached hydrogens (tertiary/aromatic N) is 4. The number of anilines is 1. The van der Waals surface area contributed by atoms with E-state index in [4.69, 9.17) is 5.10 Å². The van der Waals surface area contributed by atoms with Crippen molar-refractivity contribution in [2.45, 2.75) is 51.8 Å². The number of pyridine rings is 1. The van der Waals surface area contributed by atoms with E-state index in [-0.39, 0.29) is 34.8 Å². The predicted molar refractivity (Wildman–Crippen MR) is 161 cm³/mol. The molecule has 2 aromatic heterocycles. The van der Waals surface area contributed by atoms with Crippen LogP contribution in [0.3, 0.4) is 0 Å². The third kappa shape index (κ3) is 5.82. The summed E-state index contributed by atoms with van der Waals surface area (Å²) in [4.78, 5) is 32.8. The van der Waals surface area contributed by atoms with Crippen LogP contribution in [0, 0.1) is 13.8 Å².